The van der Waals surface area contributed by atoms with Crippen molar-refractivity contribution in [3.63, 3.8) is 0 Å². The molecule has 4 aliphatic rings. The molecule has 1 saturated heterocycles. The first-order chi connectivity index (χ1) is 14.4. The van der Waals surface area contributed by atoms with Gasteiger partial charge in [0.2, 0.25) is 11.8 Å². The van der Waals surface area contributed by atoms with Gasteiger partial charge in [0, 0.05) is 5.92 Å². The second kappa shape index (κ2) is 5.92. The maximum absolute atomic E-state index is 13.8. The second-order valence-electron chi connectivity index (χ2n) is 8.65. The Bertz CT molecular complexity index is 1220. The highest BCUT2D eigenvalue weighted by molar-refractivity contribution is 9.09. The summed E-state index contributed by atoms with van der Waals surface area (Å²) < 4.78 is -0.694. The molecule has 2 amide bonds. The van der Waals surface area contributed by atoms with Crippen LogP contribution in [0.3, 0.4) is 0 Å². The average molecular weight is 458 g/mol. The van der Waals surface area contributed by atoms with Crippen molar-refractivity contribution in [2.24, 2.45) is 11.8 Å². The number of carbonyl (C=O) groups excluding carboxylic acids is 2. The molecule has 2 bridgehead atoms. The number of hydrogen-bond acceptors (Lipinski definition) is 2. The molecule has 2 atom stereocenters. The molecule has 0 radical (unpaired) electrons. The molecule has 4 heteroatoms. The topological polar surface area (TPSA) is 37.4 Å². The van der Waals surface area contributed by atoms with Crippen molar-refractivity contribution in [3.8, 4) is 0 Å². The minimum absolute atomic E-state index is 0.0916. The molecule has 7 rings (SSSR count). The summed E-state index contributed by atoms with van der Waals surface area (Å²) in [7, 11) is 0. The number of aryl methyl sites for hydroxylation is 2. The minimum atomic E-state index is -0.694. The molecule has 3 aromatic carbocycles. The molecule has 3 aliphatic carbocycles. The fourth-order valence-electron chi connectivity index (χ4n) is 5.80. The van der Waals surface area contributed by atoms with Gasteiger partial charge in [-0.3, -0.25) is 9.59 Å². The number of carbonyl (C=O) groups is 2. The molecule has 30 heavy (non-hydrogen) atoms. The molecule has 0 aromatic heterocycles. The van der Waals surface area contributed by atoms with Crippen LogP contribution in [0.5, 0.6) is 0 Å². The molecule has 1 aliphatic heterocycles. The molecule has 3 aromatic rings. The van der Waals surface area contributed by atoms with Crippen molar-refractivity contribution in [3.05, 3.63) is 100 Å². The monoisotopic (exact) mass is 457 g/mol. The highest BCUT2D eigenvalue weighted by atomic mass is 79.9. The lowest BCUT2D eigenvalue weighted by atomic mass is 9.55. The summed E-state index contributed by atoms with van der Waals surface area (Å²) in [6.45, 7) is 4.05. The lowest BCUT2D eigenvalue weighted by Crippen LogP contribution is -2.50. The van der Waals surface area contributed by atoms with Crippen molar-refractivity contribution in [2.45, 2.75) is 24.1 Å². The first-order valence-electron chi connectivity index (χ1n) is 10.3. The summed E-state index contributed by atoms with van der Waals surface area (Å²) in [5.74, 6) is -1.16. The Hall–Kier alpha value is -2.72. The first-order valence-corrected chi connectivity index (χ1v) is 11.1. The van der Waals surface area contributed by atoms with Crippen molar-refractivity contribution < 1.29 is 9.59 Å². The molecule has 3 nitrogen and oxygen atoms in total. The van der Waals surface area contributed by atoms with Crippen LogP contribution in [0.25, 0.3) is 0 Å². The van der Waals surface area contributed by atoms with Crippen molar-refractivity contribution in [1.29, 1.82) is 0 Å². The van der Waals surface area contributed by atoms with E-state index in [4.69, 9.17) is 0 Å². The number of halogens is 1. The van der Waals surface area contributed by atoms with Gasteiger partial charge in [-0.05, 0) is 59.4 Å². The van der Waals surface area contributed by atoms with E-state index in [0.717, 1.165) is 33.4 Å². The van der Waals surface area contributed by atoms with Crippen LogP contribution in [0.4, 0.5) is 5.69 Å². The van der Waals surface area contributed by atoms with Crippen LogP contribution in [0.15, 0.2) is 66.7 Å². The van der Waals surface area contributed by atoms with Gasteiger partial charge in [-0.1, -0.05) is 70.5 Å². The molecule has 0 spiro atoms. The van der Waals surface area contributed by atoms with Gasteiger partial charge in [-0.25, -0.2) is 4.90 Å². The van der Waals surface area contributed by atoms with Gasteiger partial charge in [0.15, 0.2) is 0 Å². The van der Waals surface area contributed by atoms with E-state index in [1.165, 1.54) is 4.90 Å². The van der Waals surface area contributed by atoms with Crippen LogP contribution in [0.2, 0.25) is 0 Å². The summed E-state index contributed by atoms with van der Waals surface area (Å²) >= 11 is 4.03. The van der Waals surface area contributed by atoms with E-state index in [1.807, 2.05) is 56.3 Å². The minimum Gasteiger partial charge on any atom is -0.274 e. The zero-order chi connectivity index (χ0) is 20.8. The quantitative estimate of drug-likeness (QED) is 0.371. The number of nitrogens with zero attached hydrogens (tertiary/aromatic N) is 1. The SMILES string of the molecule is Cc1ccc(N2C(=O)[C@@H]3[C@@H](C2=O)C2c4ccccc4C3(Br)c3ccccc32)cc1C. The summed E-state index contributed by atoms with van der Waals surface area (Å²) in [5.41, 5.74) is 7.41. The number of rotatable bonds is 1. The largest absolute Gasteiger partial charge is 0.274 e. The Morgan fingerprint density at radius 1 is 0.800 bits per heavy atom. The molecule has 0 unspecified atom stereocenters. The smallest absolute Gasteiger partial charge is 0.239 e. The molecule has 1 fully saturated rings. The average Bonchev–Trinajstić information content (AvgIpc) is 3.02. The Labute approximate surface area is 183 Å². The zero-order valence-electron chi connectivity index (χ0n) is 16.7. The van der Waals surface area contributed by atoms with Crippen LogP contribution in [-0.4, -0.2) is 11.8 Å². The number of benzene rings is 3. The van der Waals surface area contributed by atoms with E-state index < -0.39 is 16.2 Å². The number of imide groups is 1. The van der Waals surface area contributed by atoms with E-state index in [9.17, 15) is 9.59 Å². The number of anilines is 1. The first kappa shape index (κ1) is 18.1. The Kier molecular flexibility index (Phi) is 3.57. The predicted octanol–water partition coefficient (Wildman–Crippen LogP) is 5.21. The third-order valence-corrected chi connectivity index (χ3v) is 8.61. The Morgan fingerprint density at radius 3 is 2.00 bits per heavy atom. The Morgan fingerprint density at radius 2 is 1.40 bits per heavy atom. The summed E-state index contributed by atoms with van der Waals surface area (Å²) in [6.07, 6.45) is 0. The van der Waals surface area contributed by atoms with Gasteiger partial charge in [-0.15, -0.1) is 0 Å². The predicted molar refractivity (Wildman–Crippen MR) is 120 cm³/mol. The number of alkyl halides is 1. The summed E-state index contributed by atoms with van der Waals surface area (Å²) in [4.78, 5) is 29.1. The standard InChI is InChI=1S/C26H20BrNO2/c1-14-11-12-16(13-15(14)2)28-24(29)22-21-17-7-3-5-9-19(17)26(27,23(22)25(28)30)20-10-6-4-8-18(20)21/h3-13,21-23H,1-2H3/t21?,22-,23-,26?/m0/s1. The van der Waals surface area contributed by atoms with E-state index >= 15 is 0 Å². The van der Waals surface area contributed by atoms with Gasteiger partial charge < -0.3 is 0 Å². The van der Waals surface area contributed by atoms with Crippen LogP contribution in [-0.2, 0) is 13.9 Å². The van der Waals surface area contributed by atoms with E-state index in [1.54, 1.807) is 0 Å². The van der Waals surface area contributed by atoms with Crippen LogP contribution < -0.4 is 4.90 Å². The zero-order valence-corrected chi connectivity index (χ0v) is 18.3. The number of amides is 2. The fraction of sp³-hybridized carbons (Fsp3) is 0.231. The number of hydrogen-bond donors (Lipinski definition) is 0. The van der Waals surface area contributed by atoms with E-state index in [-0.39, 0.29) is 17.7 Å². The molecular weight excluding hydrogens is 438 g/mol. The third-order valence-electron chi connectivity index (χ3n) is 7.26. The third kappa shape index (κ3) is 2.00. The molecule has 1 heterocycles. The highest BCUT2D eigenvalue weighted by Crippen LogP contribution is 2.66. The maximum Gasteiger partial charge on any atom is 0.239 e. The highest BCUT2D eigenvalue weighted by Gasteiger charge is 2.67. The molecular formula is C26H20BrNO2. The van der Waals surface area contributed by atoms with Crippen LogP contribution >= 0.6 is 15.9 Å². The van der Waals surface area contributed by atoms with Crippen molar-refractivity contribution in [1.82, 2.24) is 0 Å². The van der Waals surface area contributed by atoms with Gasteiger partial charge in [0.25, 0.3) is 0 Å². The van der Waals surface area contributed by atoms with Crippen LogP contribution in [0, 0.1) is 25.7 Å². The maximum atomic E-state index is 13.8. The van der Waals surface area contributed by atoms with Gasteiger partial charge in [0.05, 0.1) is 21.8 Å². The fourth-order valence-corrected chi connectivity index (χ4v) is 7.00. The van der Waals surface area contributed by atoms with Crippen LogP contribution in [0.1, 0.15) is 39.3 Å². The lowest BCUT2D eigenvalue weighted by Gasteiger charge is -2.51. The lowest BCUT2D eigenvalue weighted by molar-refractivity contribution is -0.122. The van der Waals surface area contributed by atoms with Gasteiger partial charge in [0.1, 0.15) is 0 Å². The van der Waals surface area contributed by atoms with Gasteiger partial charge >= 0.3 is 0 Å². The van der Waals surface area contributed by atoms with E-state index in [0.29, 0.717) is 5.69 Å². The Balaban J connectivity index is 1.60. The normalized spacial score (nSPS) is 28.4. The summed E-state index contributed by atoms with van der Waals surface area (Å²) in [5, 5.41) is 0. The molecule has 148 valence electrons. The van der Waals surface area contributed by atoms with Crippen molar-refractivity contribution >= 4 is 33.4 Å². The second-order valence-corrected chi connectivity index (χ2v) is 9.90. The van der Waals surface area contributed by atoms with Crippen molar-refractivity contribution in [2.75, 3.05) is 4.90 Å². The molecule has 0 N–H and O–H groups in total. The van der Waals surface area contributed by atoms with Gasteiger partial charge in [-0.2, -0.15) is 0 Å². The van der Waals surface area contributed by atoms with E-state index in [2.05, 4.69) is 40.2 Å². The summed E-state index contributed by atoms with van der Waals surface area (Å²) in [6, 6.07) is 22.3. The molecule has 0 saturated carbocycles.